The Morgan fingerprint density at radius 2 is 1.00 bits per heavy atom. The van der Waals surface area contributed by atoms with Gasteiger partial charge in [0.15, 0.2) is 0 Å². The normalized spacial score (nSPS) is 9.50. The molecule has 0 amide bonds. The summed E-state index contributed by atoms with van der Waals surface area (Å²) in [5.74, 6) is 0. The van der Waals surface area contributed by atoms with Crippen LogP contribution in [0.1, 0.15) is 0 Å². The van der Waals surface area contributed by atoms with Gasteiger partial charge in [-0.2, -0.15) is 0 Å². The number of rotatable bonds is 0. The molecule has 0 aliphatic carbocycles. The Morgan fingerprint density at radius 3 is 1.25 bits per heavy atom. The summed E-state index contributed by atoms with van der Waals surface area (Å²) >= 11 is 1.65. The maximum absolute atomic E-state index is 2.26. The summed E-state index contributed by atoms with van der Waals surface area (Å²) in [5, 5.41) is 0. The van der Waals surface area contributed by atoms with Crippen LogP contribution in [0.2, 0.25) is 0 Å². The van der Waals surface area contributed by atoms with Crippen LogP contribution < -0.4 is 6.14 Å². The summed E-state index contributed by atoms with van der Waals surface area (Å²) in [7, 11) is 0. The standard InChI is InChI=1S/C6H4.2Hg/c1-2-4-6-5-3-1;;/h1-2,5-6H;;. The summed E-state index contributed by atoms with van der Waals surface area (Å²) in [6.45, 7) is 0. The van der Waals surface area contributed by atoms with Crippen molar-refractivity contribution >= 4 is 6.14 Å². The van der Waals surface area contributed by atoms with Crippen molar-refractivity contribution in [2.24, 2.45) is 0 Å². The van der Waals surface area contributed by atoms with E-state index in [0.29, 0.717) is 0 Å². The van der Waals surface area contributed by atoms with Gasteiger partial charge in [0.25, 0.3) is 0 Å². The summed E-state index contributed by atoms with van der Waals surface area (Å²) in [4.78, 5) is 0. The minimum atomic E-state index is 0.823. The first-order chi connectivity index (χ1) is 3.79. The molecule has 0 aromatic heterocycles. The molecule has 0 radical (unpaired) electrons. The summed E-state index contributed by atoms with van der Waals surface area (Å²) < 4.78 is 3.11. The molecule has 0 aliphatic heterocycles. The van der Waals surface area contributed by atoms with E-state index in [1.807, 2.05) is 0 Å². The predicted molar refractivity (Wildman–Crippen MR) is 25.7 cm³/mol. The second-order valence-corrected chi connectivity index (χ2v) is 8.16. The van der Waals surface area contributed by atoms with Crippen molar-refractivity contribution in [3.63, 3.8) is 0 Å². The molecule has 0 saturated carbocycles. The first-order valence-electron chi connectivity index (χ1n) is 2.53. The van der Waals surface area contributed by atoms with Crippen molar-refractivity contribution < 1.29 is 52.2 Å². The van der Waals surface area contributed by atoms with Crippen molar-refractivity contribution in [3.8, 4) is 0 Å². The van der Waals surface area contributed by atoms with Crippen LogP contribution in [0.3, 0.4) is 0 Å². The van der Waals surface area contributed by atoms with Crippen molar-refractivity contribution in [2.75, 3.05) is 0 Å². The van der Waals surface area contributed by atoms with Crippen LogP contribution >= 0.6 is 0 Å². The van der Waals surface area contributed by atoms with Gasteiger partial charge < -0.3 is 0 Å². The van der Waals surface area contributed by atoms with Gasteiger partial charge in [0.05, 0.1) is 0 Å². The number of hydrogen-bond donors (Lipinski definition) is 0. The van der Waals surface area contributed by atoms with Gasteiger partial charge in [-0.15, -0.1) is 0 Å². The molecule has 0 N–H and O–H groups in total. The van der Waals surface area contributed by atoms with Crippen LogP contribution in [0, 0.1) is 0 Å². The van der Waals surface area contributed by atoms with E-state index < -0.39 is 0 Å². The molecule has 32 valence electrons. The molecule has 1 aromatic rings. The first-order valence-corrected chi connectivity index (χ1v) is 8.03. The molecule has 0 spiro atoms. The average molecular weight is 477 g/mol. The summed E-state index contributed by atoms with van der Waals surface area (Å²) in [6.07, 6.45) is 0. The molecular formula is C6H4Hg2. The van der Waals surface area contributed by atoms with Crippen molar-refractivity contribution in [1.29, 1.82) is 0 Å². The molecule has 0 heterocycles. The molecule has 0 saturated heterocycles. The Kier molecular flexibility index (Phi) is 2.98. The summed E-state index contributed by atoms with van der Waals surface area (Å²) in [5.41, 5.74) is 0. The second-order valence-electron chi connectivity index (χ2n) is 1.82. The Hall–Kier alpha value is 1.09. The van der Waals surface area contributed by atoms with E-state index in [4.69, 9.17) is 0 Å². The van der Waals surface area contributed by atoms with Gasteiger partial charge in [0.2, 0.25) is 0 Å². The van der Waals surface area contributed by atoms with Crippen LogP contribution in [0.4, 0.5) is 0 Å². The van der Waals surface area contributed by atoms with Crippen LogP contribution in [0.15, 0.2) is 24.3 Å². The van der Waals surface area contributed by atoms with Crippen LogP contribution in [0.25, 0.3) is 0 Å². The fourth-order valence-electron chi connectivity index (χ4n) is 0.539. The second kappa shape index (κ2) is 3.31. The molecular weight excluding hydrogens is 473 g/mol. The molecule has 8 heavy (non-hydrogen) atoms. The van der Waals surface area contributed by atoms with Gasteiger partial charge in [-0.3, -0.25) is 0 Å². The molecule has 0 bridgehead atoms. The van der Waals surface area contributed by atoms with Crippen LogP contribution in [-0.4, -0.2) is 0 Å². The topological polar surface area (TPSA) is 0 Å². The van der Waals surface area contributed by atoms with Crippen LogP contribution in [-0.2, 0) is 52.2 Å². The third-order valence-electron chi connectivity index (χ3n) is 1.02. The van der Waals surface area contributed by atoms with E-state index in [1.165, 1.54) is 0 Å². The predicted octanol–water partition coefficient (Wildman–Crippen LogP) is 0.0308. The Balaban J connectivity index is 3.03. The SMILES string of the molecule is [Hg][c]1cc[c]([Hg])cc1. The zero-order valence-electron chi connectivity index (χ0n) is 4.72. The third kappa shape index (κ3) is 2.14. The first kappa shape index (κ1) is 7.20. The fraction of sp³-hybridized carbons (Fsp3) is 0. The molecule has 0 fully saturated rings. The van der Waals surface area contributed by atoms with E-state index in [9.17, 15) is 0 Å². The quantitative estimate of drug-likeness (QED) is 0.463. The molecule has 0 atom stereocenters. The van der Waals surface area contributed by atoms with Gasteiger partial charge in [0.1, 0.15) is 0 Å². The molecule has 0 unspecified atom stereocenters. The average Bonchev–Trinajstić information content (AvgIpc) is 1.77. The van der Waals surface area contributed by atoms with Crippen molar-refractivity contribution in [2.45, 2.75) is 0 Å². The van der Waals surface area contributed by atoms with Gasteiger partial charge in [-0.05, 0) is 0 Å². The van der Waals surface area contributed by atoms with Gasteiger partial charge in [-0.25, -0.2) is 0 Å². The number of hydrogen-bond acceptors (Lipinski definition) is 0. The van der Waals surface area contributed by atoms with Gasteiger partial charge in [0, 0.05) is 0 Å². The zero-order valence-corrected chi connectivity index (χ0v) is 15.7. The molecule has 0 aliphatic rings. The van der Waals surface area contributed by atoms with E-state index >= 15 is 0 Å². The van der Waals surface area contributed by atoms with Crippen LogP contribution in [0.5, 0.6) is 0 Å². The molecule has 1 rings (SSSR count). The maximum atomic E-state index is 2.26. The van der Waals surface area contributed by atoms with E-state index in [0.717, 1.165) is 52.2 Å². The zero-order chi connectivity index (χ0) is 5.98. The van der Waals surface area contributed by atoms with E-state index in [-0.39, 0.29) is 0 Å². The third-order valence-corrected chi connectivity index (χ3v) is 4.69. The van der Waals surface area contributed by atoms with Gasteiger partial charge >= 0.3 is 82.7 Å². The fourth-order valence-corrected chi connectivity index (χ4v) is 2.37. The van der Waals surface area contributed by atoms with E-state index in [2.05, 4.69) is 24.3 Å². The Bertz CT molecular complexity index is 145. The minimum absolute atomic E-state index is 0.823. The number of benzene rings is 1. The van der Waals surface area contributed by atoms with Gasteiger partial charge in [-0.1, -0.05) is 0 Å². The van der Waals surface area contributed by atoms with E-state index in [1.54, 1.807) is 6.14 Å². The summed E-state index contributed by atoms with van der Waals surface area (Å²) in [6, 6.07) is 9.02. The Labute approximate surface area is 81.6 Å². The molecule has 1 aromatic carbocycles. The van der Waals surface area contributed by atoms with Crippen molar-refractivity contribution in [1.82, 2.24) is 0 Å². The monoisotopic (exact) mass is 480 g/mol. The molecule has 2 heteroatoms. The Morgan fingerprint density at radius 1 is 0.750 bits per heavy atom. The molecule has 0 nitrogen and oxygen atoms in total. The van der Waals surface area contributed by atoms with Crippen molar-refractivity contribution in [3.05, 3.63) is 24.3 Å².